The third-order valence-corrected chi connectivity index (χ3v) is 3.29. The third-order valence-electron chi connectivity index (χ3n) is 3.29. The number of hydrogen-bond acceptors (Lipinski definition) is 2. The van der Waals surface area contributed by atoms with Gasteiger partial charge in [-0.05, 0) is 49.9 Å². The van der Waals surface area contributed by atoms with Crippen LogP contribution in [0.25, 0.3) is 0 Å². The van der Waals surface area contributed by atoms with Crippen LogP contribution in [0.4, 0.5) is 0 Å². The minimum Gasteiger partial charge on any atom is -0.496 e. The average molecular weight is 259 g/mol. The molecule has 0 amide bonds. The Labute approximate surface area is 117 Å². The van der Waals surface area contributed by atoms with E-state index in [1.165, 1.54) is 11.1 Å². The summed E-state index contributed by atoms with van der Waals surface area (Å²) >= 11 is 0. The van der Waals surface area contributed by atoms with Crippen LogP contribution in [-0.2, 0) is 0 Å². The number of nitrogens with one attached hydrogen (secondary N) is 1. The molecule has 19 heavy (non-hydrogen) atoms. The fourth-order valence-corrected chi connectivity index (χ4v) is 2.17. The van der Waals surface area contributed by atoms with Crippen molar-refractivity contribution in [3.63, 3.8) is 0 Å². The van der Waals surface area contributed by atoms with Gasteiger partial charge in [0.15, 0.2) is 0 Å². The molecule has 1 atom stereocenters. The van der Waals surface area contributed by atoms with Gasteiger partial charge in [-0.2, -0.15) is 0 Å². The van der Waals surface area contributed by atoms with Gasteiger partial charge in [0.25, 0.3) is 0 Å². The number of hydrogen-bond donors (Lipinski definition) is 1. The molecule has 0 saturated heterocycles. The molecular weight excluding hydrogens is 234 g/mol. The molecule has 1 aromatic carbocycles. The predicted octanol–water partition coefficient (Wildman–Crippen LogP) is 3.85. The first kappa shape index (κ1) is 15.6. The van der Waals surface area contributed by atoms with Crippen molar-refractivity contribution in [1.82, 2.24) is 5.32 Å². The normalized spacial score (nSPS) is 11.9. The third kappa shape index (κ3) is 4.96. The number of terminal acetylenes is 1. The lowest BCUT2D eigenvalue weighted by Crippen LogP contribution is -2.22. The highest BCUT2D eigenvalue weighted by molar-refractivity contribution is 5.37. The maximum Gasteiger partial charge on any atom is 0.122 e. The van der Waals surface area contributed by atoms with E-state index in [0.717, 1.165) is 38.0 Å². The second kappa shape index (κ2) is 8.61. The molecule has 0 fully saturated rings. The Morgan fingerprint density at radius 1 is 1.42 bits per heavy atom. The van der Waals surface area contributed by atoms with Crippen LogP contribution in [0.2, 0.25) is 0 Å². The summed E-state index contributed by atoms with van der Waals surface area (Å²) in [5.74, 6) is 3.67. The Morgan fingerprint density at radius 3 is 2.84 bits per heavy atom. The van der Waals surface area contributed by atoms with E-state index in [-0.39, 0.29) is 0 Å². The van der Waals surface area contributed by atoms with Crippen LogP contribution >= 0.6 is 0 Å². The van der Waals surface area contributed by atoms with Crippen molar-refractivity contribution in [2.75, 3.05) is 13.7 Å². The summed E-state index contributed by atoms with van der Waals surface area (Å²) in [4.78, 5) is 0. The van der Waals surface area contributed by atoms with E-state index >= 15 is 0 Å². The molecule has 1 rings (SSSR count). The molecule has 0 saturated carbocycles. The molecule has 0 aliphatic carbocycles. The first-order chi connectivity index (χ1) is 9.22. The highest BCUT2D eigenvalue weighted by atomic mass is 16.5. The lowest BCUT2D eigenvalue weighted by molar-refractivity contribution is 0.409. The van der Waals surface area contributed by atoms with Gasteiger partial charge in [-0.3, -0.25) is 0 Å². The van der Waals surface area contributed by atoms with Crippen molar-refractivity contribution in [1.29, 1.82) is 0 Å². The Hall–Kier alpha value is -1.46. The van der Waals surface area contributed by atoms with Crippen LogP contribution in [-0.4, -0.2) is 13.7 Å². The van der Waals surface area contributed by atoms with E-state index < -0.39 is 0 Å². The molecule has 0 aromatic heterocycles. The molecule has 0 bridgehead atoms. The van der Waals surface area contributed by atoms with Crippen LogP contribution in [0, 0.1) is 19.3 Å². The number of ether oxygens (including phenoxy) is 1. The summed E-state index contributed by atoms with van der Waals surface area (Å²) in [6, 6.07) is 6.80. The Kier molecular flexibility index (Phi) is 7.07. The minimum atomic E-state index is 0.364. The summed E-state index contributed by atoms with van der Waals surface area (Å²) in [6.07, 6.45) is 9.42. The first-order valence-corrected chi connectivity index (χ1v) is 7.04. The van der Waals surface area contributed by atoms with Gasteiger partial charge in [-0.1, -0.05) is 19.1 Å². The molecule has 0 heterocycles. The van der Waals surface area contributed by atoms with Crippen molar-refractivity contribution < 1.29 is 4.74 Å². The van der Waals surface area contributed by atoms with E-state index in [4.69, 9.17) is 11.2 Å². The van der Waals surface area contributed by atoms with Crippen LogP contribution in [0.5, 0.6) is 5.75 Å². The van der Waals surface area contributed by atoms with Gasteiger partial charge < -0.3 is 10.1 Å². The monoisotopic (exact) mass is 259 g/mol. The molecular formula is C17H25NO. The van der Waals surface area contributed by atoms with E-state index in [0.29, 0.717) is 6.04 Å². The molecule has 1 aromatic rings. The maximum absolute atomic E-state index is 5.41. The van der Waals surface area contributed by atoms with E-state index in [1.54, 1.807) is 7.11 Å². The molecule has 1 unspecified atom stereocenters. The van der Waals surface area contributed by atoms with E-state index in [2.05, 4.69) is 43.3 Å². The summed E-state index contributed by atoms with van der Waals surface area (Å²) in [5, 5.41) is 3.59. The highest BCUT2D eigenvalue weighted by Crippen LogP contribution is 2.26. The van der Waals surface area contributed by atoms with Gasteiger partial charge >= 0.3 is 0 Å². The molecule has 0 radical (unpaired) electrons. The topological polar surface area (TPSA) is 21.3 Å². The largest absolute Gasteiger partial charge is 0.496 e. The van der Waals surface area contributed by atoms with Crippen molar-refractivity contribution in [2.24, 2.45) is 0 Å². The lowest BCUT2D eigenvalue weighted by atomic mass is 9.99. The van der Waals surface area contributed by atoms with Crippen LogP contribution in [0.1, 0.15) is 49.8 Å². The van der Waals surface area contributed by atoms with E-state index in [9.17, 15) is 0 Å². The summed E-state index contributed by atoms with van der Waals surface area (Å²) in [5.41, 5.74) is 2.46. The van der Waals surface area contributed by atoms with E-state index in [1.807, 2.05) is 0 Å². The van der Waals surface area contributed by atoms with Gasteiger partial charge in [0.2, 0.25) is 0 Å². The molecule has 0 aliphatic heterocycles. The minimum absolute atomic E-state index is 0.364. The van der Waals surface area contributed by atoms with Gasteiger partial charge in [0.1, 0.15) is 5.75 Å². The standard InChI is InChI=1S/C17H25NO/c1-5-7-8-9-16(18-12-6-2)15-11-10-14(3)17(13-15)19-4/h1,10-11,13,16,18H,6-9,12H2,2-4H3. The zero-order valence-corrected chi connectivity index (χ0v) is 12.3. The fraction of sp³-hybridized carbons (Fsp3) is 0.529. The fourth-order valence-electron chi connectivity index (χ4n) is 2.17. The summed E-state index contributed by atoms with van der Waals surface area (Å²) < 4.78 is 5.41. The zero-order chi connectivity index (χ0) is 14.1. The Bertz CT molecular complexity index is 420. The van der Waals surface area contributed by atoms with Crippen LogP contribution in [0.15, 0.2) is 18.2 Å². The molecule has 104 valence electrons. The SMILES string of the molecule is C#CCCCC(NCCC)c1ccc(C)c(OC)c1. The van der Waals surface area contributed by atoms with Crippen molar-refractivity contribution in [3.05, 3.63) is 29.3 Å². The van der Waals surface area contributed by atoms with Crippen LogP contribution in [0.3, 0.4) is 0 Å². The molecule has 1 N–H and O–H groups in total. The number of rotatable bonds is 8. The second-order valence-electron chi connectivity index (χ2n) is 4.83. The summed E-state index contributed by atoms with van der Waals surface area (Å²) in [7, 11) is 1.72. The second-order valence-corrected chi connectivity index (χ2v) is 4.83. The smallest absolute Gasteiger partial charge is 0.122 e. The van der Waals surface area contributed by atoms with Crippen molar-refractivity contribution in [3.8, 4) is 18.1 Å². The quantitative estimate of drug-likeness (QED) is 0.565. The van der Waals surface area contributed by atoms with Crippen molar-refractivity contribution >= 4 is 0 Å². The van der Waals surface area contributed by atoms with Gasteiger partial charge in [0, 0.05) is 12.5 Å². The highest BCUT2D eigenvalue weighted by Gasteiger charge is 2.12. The number of aryl methyl sites for hydroxylation is 1. The maximum atomic E-state index is 5.41. The van der Waals surface area contributed by atoms with Crippen LogP contribution < -0.4 is 10.1 Å². The molecule has 0 aliphatic rings. The molecule has 2 heteroatoms. The number of benzene rings is 1. The molecule has 0 spiro atoms. The van der Waals surface area contributed by atoms with Gasteiger partial charge in [-0.15, -0.1) is 12.3 Å². The molecule has 2 nitrogen and oxygen atoms in total. The average Bonchev–Trinajstić information content (AvgIpc) is 2.43. The number of unbranched alkanes of at least 4 members (excludes halogenated alkanes) is 1. The summed E-state index contributed by atoms with van der Waals surface area (Å²) in [6.45, 7) is 5.27. The Balaban J connectivity index is 2.80. The number of methoxy groups -OCH3 is 1. The lowest BCUT2D eigenvalue weighted by Gasteiger charge is -2.20. The van der Waals surface area contributed by atoms with Gasteiger partial charge in [0.05, 0.1) is 7.11 Å². The Morgan fingerprint density at radius 2 is 2.21 bits per heavy atom. The van der Waals surface area contributed by atoms with Crippen molar-refractivity contribution in [2.45, 2.75) is 45.6 Å². The predicted molar refractivity (Wildman–Crippen MR) is 81.4 cm³/mol. The van der Waals surface area contributed by atoms with Gasteiger partial charge in [-0.25, -0.2) is 0 Å². The first-order valence-electron chi connectivity index (χ1n) is 7.04. The zero-order valence-electron chi connectivity index (χ0n) is 12.3.